The van der Waals surface area contributed by atoms with Gasteiger partial charge in [0.2, 0.25) is 0 Å². The van der Waals surface area contributed by atoms with Gasteiger partial charge in [-0.3, -0.25) is 14.4 Å². The second-order valence-electron chi connectivity index (χ2n) is 18.2. The highest BCUT2D eigenvalue weighted by Gasteiger charge is 2.19. The summed E-state index contributed by atoms with van der Waals surface area (Å²) in [5, 5.41) is 0. The van der Waals surface area contributed by atoms with Gasteiger partial charge in [0.25, 0.3) is 0 Å². The third kappa shape index (κ3) is 56.0. The summed E-state index contributed by atoms with van der Waals surface area (Å²) in [5.74, 6) is -1.08. The lowest BCUT2D eigenvalue weighted by Gasteiger charge is -2.18. The molecule has 0 aromatic rings. The summed E-state index contributed by atoms with van der Waals surface area (Å²) in [7, 11) is 0. The summed E-state index contributed by atoms with van der Waals surface area (Å²) in [4.78, 5) is 38.1. The molecule has 0 saturated heterocycles. The Labute approximate surface area is 441 Å². The Balaban J connectivity index is 4.63. The van der Waals surface area contributed by atoms with E-state index in [0.29, 0.717) is 12.8 Å². The molecule has 0 aliphatic heterocycles. The number of carbonyl (C=O) groups excluding carboxylic acids is 3. The molecule has 0 aromatic heterocycles. The third-order valence-corrected chi connectivity index (χ3v) is 11.4. The van der Waals surface area contributed by atoms with Crippen LogP contribution in [0.3, 0.4) is 0 Å². The monoisotopic (exact) mass is 991 g/mol. The molecular formula is C66H102O6. The fraction of sp³-hybridized carbons (Fsp3) is 0.561. The van der Waals surface area contributed by atoms with Crippen molar-refractivity contribution >= 4 is 17.9 Å². The number of hydrogen-bond donors (Lipinski definition) is 0. The van der Waals surface area contributed by atoms with Crippen LogP contribution >= 0.6 is 0 Å². The maximum atomic E-state index is 12.9. The van der Waals surface area contributed by atoms with Crippen molar-refractivity contribution in [1.29, 1.82) is 0 Å². The molecule has 0 rings (SSSR count). The van der Waals surface area contributed by atoms with Crippen LogP contribution in [0.5, 0.6) is 0 Å². The van der Waals surface area contributed by atoms with E-state index in [2.05, 4.69) is 106 Å². The van der Waals surface area contributed by atoms with Crippen molar-refractivity contribution in [3.8, 4) is 0 Å². The van der Waals surface area contributed by atoms with E-state index in [9.17, 15) is 14.4 Å². The van der Waals surface area contributed by atoms with E-state index in [1.807, 2.05) is 72.9 Å². The van der Waals surface area contributed by atoms with Crippen LogP contribution < -0.4 is 0 Å². The lowest BCUT2D eigenvalue weighted by molar-refractivity contribution is -0.166. The summed E-state index contributed by atoms with van der Waals surface area (Å²) in [5.41, 5.74) is 0. The molecule has 72 heavy (non-hydrogen) atoms. The second-order valence-corrected chi connectivity index (χ2v) is 18.2. The topological polar surface area (TPSA) is 78.9 Å². The molecule has 0 N–H and O–H groups in total. The molecule has 0 spiro atoms. The average molecular weight is 992 g/mol. The van der Waals surface area contributed by atoms with E-state index in [-0.39, 0.29) is 50.4 Å². The van der Waals surface area contributed by atoms with Gasteiger partial charge in [0.05, 0.1) is 0 Å². The first kappa shape index (κ1) is 67.0. The number of esters is 3. The van der Waals surface area contributed by atoms with Gasteiger partial charge >= 0.3 is 17.9 Å². The van der Waals surface area contributed by atoms with Gasteiger partial charge in [-0.1, -0.05) is 256 Å². The molecule has 0 aliphatic carbocycles. The van der Waals surface area contributed by atoms with Crippen LogP contribution in [0.15, 0.2) is 158 Å². The van der Waals surface area contributed by atoms with Crippen molar-refractivity contribution in [2.45, 2.75) is 226 Å². The highest BCUT2D eigenvalue weighted by atomic mass is 16.6. The van der Waals surface area contributed by atoms with E-state index < -0.39 is 6.10 Å². The Morgan fingerprint density at radius 1 is 0.306 bits per heavy atom. The Hall–Kier alpha value is -4.97. The van der Waals surface area contributed by atoms with Crippen molar-refractivity contribution in [2.24, 2.45) is 0 Å². The summed E-state index contributed by atoms with van der Waals surface area (Å²) >= 11 is 0. The van der Waals surface area contributed by atoms with Gasteiger partial charge in [-0.2, -0.15) is 0 Å². The highest BCUT2D eigenvalue weighted by molar-refractivity contribution is 5.71. The zero-order valence-electron chi connectivity index (χ0n) is 45.9. The van der Waals surface area contributed by atoms with Gasteiger partial charge in [0, 0.05) is 19.3 Å². The van der Waals surface area contributed by atoms with Crippen LogP contribution in [0.25, 0.3) is 0 Å². The molecular weight excluding hydrogens is 889 g/mol. The van der Waals surface area contributed by atoms with Crippen molar-refractivity contribution in [3.05, 3.63) is 158 Å². The van der Waals surface area contributed by atoms with Gasteiger partial charge in [-0.05, 0) is 103 Å². The Bertz CT molecular complexity index is 1660. The molecule has 0 heterocycles. The number of ether oxygens (including phenoxy) is 3. The van der Waals surface area contributed by atoms with Crippen LogP contribution in [0.4, 0.5) is 0 Å². The minimum absolute atomic E-state index is 0.135. The third-order valence-electron chi connectivity index (χ3n) is 11.4. The molecule has 1 atom stereocenters. The first-order valence-corrected chi connectivity index (χ1v) is 28.6. The van der Waals surface area contributed by atoms with E-state index in [1.54, 1.807) is 0 Å². The van der Waals surface area contributed by atoms with Gasteiger partial charge in [0.1, 0.15) is 13.2 Å². The zero-order valence-corrected chi connectivity index (χ0v) is 45.9. The summed E-state index contributed by atoms with van der Waals surface area (Å²) in [6, 6.07) is 0. The van der Waals surface area contributed by atoms with Gasteiger partial charge in [-0.25, -0.2) is 0 Å². The minimum atomic E-state index is -0.840. The molecule has 0 aliphatic rings. The molecule has 0 bridgehead atoms. The molecule has 0 amide bonds. The van der Waals surface area contributed by atoms with Crippen molar-refractivity contribution in [3.63, 3.8) is 0 Å². The Morgan fingerprint density at radius 3 is 1.11 bits per heavy atom. The Kier molecular flexibility index (Phi) is 54.6. The molecule has 0 aromatic carbocycles. The standard InChI is InChI=1S/C66H102O6/c1-4-7-10-13-16-19-22-25-28-31-33-36-38-41-44-47-50-53-56-59-65(68)71-62-63(61-70-64(67)58-55-52-49-46-43-40-37-34-30-27-24-21-18-15-12-9-6-3)72-66(69)60-57-54-51-48-45-42-39-35-32-29-26-23-20-17-14-11-8-5-2/h7,9-10,12,15-16,18-19,21,24-25,27-28,30,33-37,39-41,43-44,50,53,63H,4-6,8,11,13-14,17,20,22-23,26,29,31-32,38,42,45-49,51-52,54-62H2,1-3H3/b10-7-,12-9-,18-15-,19-16-,24-21-,28-25-,30-27-,36-33-,37-34+,39-35-,43-40-,44-41-,53-50-. The SMILES string of the molecule is CC\C=C/C=C\C=C/C=C\C=C\C=C/CCCCCC(=O)OCC(COC(=O)CC/C=C\C/C=C\C/C=C\C/C=C\C/C=C\C/C=C\CC)OC(=O)CCCCCCC/C=C\CCCCCCCCCCC. The molecule has 0 radical (unpaired) electrons. The van der Waals surface area contributed by atoms with Gasteiger partial charge in [-0.15, -0.1) is 0 Å². The second kappa shape index (κ2) is 58.6. The Morgan fingerprint density at radius 2 is 0.639 bits per heavy atom. The van der Waals surface area contributed by atoms with Crippen LogP contribution in [0.2, 0.25) is 0 Å². The number of carbonyl (C=O) groups is 3. The van der Waals surface area contributed by atoms with Crippen molar-refractivity contribution < 1.29 is 28.6 Å². The highest BCUT2D eigenvalue weighted by Crippen LogP contribution is 2.13. The van der Waals surface area contributed by atoms with E-state index in [0.717, 1.165) is 96.3 Å². The molecule has 6 nitrogen and oxygen atoms in total. The lowest BCUT2D eigenvalue weighted by Crippen LogP contribution is -2.30. The predicted molar refractivity (Wildman–Crippen MR) is 311 cm³/mol. The normalized spacial score (nSPS) is 13.3. The fourth-order valence-corrected chi connectivity index (χ4v) is 7.20. The largest absolute Gasteiger partial charge is 0.462 e. The van der Waals surface area contributed by atoms with Crippen LogP contribution in [-0.2, 0) is 28.6 Å². The number of hydrogen-bond acceptors (Lipinski definition) is 6. The summed E-state index contributed by atoms with van der Waals surface area (Å²) < 4.78 is 16.7. The van der Waals surface area contributed by atoms with E-state index >= 15 is 0 Å². The zero-order chi connectivity index (χ0) is 52.2. The fourth-order valence-electron chi connectivity index (χ4n) is 7.20. The minimum Gasteiger partial charge on any atom is -0.462 e. The first-order valence-electron chi connectivity index (χ1n) is 28.6. The van der Waals surface area contributed by atoms with Gasteiger partial charge in [0.15, 0.2) is 6.10 Å². The molecule has 0 fully saturated rings. The molecule has 1 unspecified atom stereocenters. The van der Waals surface area contributed by atoms with Crippen LogP contribution in [0.1, 0.15) is 220 Å². The maximum Gasteiger partial charge on any atom is 0.306 e. The van der Waals surface area contributed by atoms with Crippen LogP contribution in [-0.4, -0.2) is 37.2 Å². The van der Waals surface area contributed by atoms with Crippen molar-refractivity contribution in [2.75, 3.05) is 13.2 Å². The van der Waals surface area contributed by atoms with Crippen LogP contribution in [0, 0.1) is 0 Å². The number of rotatable bonds is 49. The molecule has 402 valence electrons. The van der Waals surface area contributed by atoms with E-state index in [1.165, 1.54) is 70.6 Å². The maximum absolute atomic E-state index is 12.9. The summed E-state index contributed by atoms with van der Waals surface area (Å²) in [6.07, 6.45) is 85.3. The average Bonchev–Trinajstić information content (AvgIpc) is 3.38. The lowest BCUT2D eigenvalue weighted by atomic mass is 10.1. The van der Waals surface area contributed by atoms with Crippen molar-refractivity contribution in [1.82, 2.24) is 0 Å². The molecule has 0 saturated carbocycles. The molecule has 6 heteroatoms. The summed E-state index contributed by atoms with van der Waals surface area (Å²) in [6.45, 7) is 6.26. The predicted octanol–water partition coefficient (Wildman–Crippen LogP) is 19.4. The number of allylic oxidation sites excluding steroid dienone is 26. The first-order chi connectivity index (χ1) is 35.5. The number of unbranched alkanes of at least 4 members (excludes halogenated alkanes) is 17. The smallest absolute Gasteiger partial charge is 0.306 e. The van der Waals surface area contributed by atoms with E-state index in [4.69, 9.17) is 14.2 Å². The quantitative estimate of drug-likeness (QED) is 0.0199. The van der Waals surface area contributed by atoms with Gasteiger partial charge < -0.3 is 14.2 Å².